The molecule has 8 nitrogen and oxygen atoms in total. The van der Waals surface area contributed by atoms with Gasteiger partial charge in [0.15, 0.2) is 11.6 Å². The first-order chi connectivity index (χ1) is 9.01. The number of rotatable bonds is 12. The second kappa shape index (κ2) is 10.3. The Morgan fingerprint density at radius 3 is 2.42 bits per heavy atom. The van der Waals surface area contributed by atoms with Crippen LogP contribution in [0.1, 0.15) is 12.8 Å². The molecular weight excluding hydrogens is 256 g/mol. The van der Waals surface area contributed by atoms with Gasteiger partial charge in [0.1, 0.15) is 12.9 Å². The molecule has 1 atom stereocenters. The first kappa shape index (κ1) is 17.4. The molecule has 0 aromatic heterocycles. The molecule has 0 amide bonds. The molecule has 0 radical (unpaired) electrons. The zero-order valence-corrected chi connectivity index (χ0v) is 10.4. The molecule has 0 aromatic rings. The van der Waals surface area contributed by atoms with Crippen LogP contribution in [-0.2, 0) is 19.2 Å². The standard InChI is InChI=1S/C11H18N2O6/c14-4-3-12-6-10(17)9(1-2-11(18)19)13-5-8(16)7-15/h4,9,12-13,15H,1-3,5-7H2,(H,18,19)/t9-/m0/s1. The molecular formula is C11H18N2O6. The van der Waals surface area contributed by atoms with E-state index in [1.54, 1.807) is 0 Å². The van der Waals surface area contributed by atoms with Gasteiger partial charge in [-0.2, -0.15) is 0 Å². The van der Waals surface area contributed by atoms with E-state index in [0.29, 0.717) is 6.29 Å². The zero-order valence-electron chi connectivity index (χ0n) is 10.4. The molecule has 0 rings (SSSR count). The summed E-state index contributed by atoms with van der Waals surface area (Å²) in [6.07, 6.45) is 0.419. The second-order valence-electron chi connectivity index (χ2n) is 3.83. The highest BCUT2D eigenvalue weighted by Gasteiger charge is 2.19. The van der Waals surface area contributed by atoms with E-state index >= 15 is 0 Å². The van der Waals surface area contributed by atoms with Crippen LogP contribution >= 0.6 is 0 Å². The third-order valence-electron chi connectivity index (χ3n) is 2.28. The highest BCUT2D eigenvalue weighted by Crippen LogP contribution is 1.99. The van der Waals surface area contributed by atoms with Crippen molar-refractivity contribution in [2.75, 3.05) is 26.2 Å². The Labute approximate surface area is 110 Å². The number of aliphatic hydroxyl groups is 1. The normalized spacial score (nSPS) is 11.8. The molecule has 0 aliphatic heterocycles. The fraction of sp³-hybridized carbons (Fsp3) is 0.636. The molecule has 8 heteroatoms. The van der Waals surface area contributed by atoms with Crippen LogP contribution in [0.2, 0.25) is 0 Å². The predicted molar refractivity (Wildman–Crippen MR) is 64.7 cm³/mol. The number of carboxylic acid groups (broad SMARTS) is 1. The van der Waals surface area contributed by atoms with Crippen molar-refractivity contribution in [3.05, 3.63) is 0 Å². The minimum atomic E-state index is -1.05. The lowest BCUT2D eigenvalue weighted by atomic mass is 10.1. The summed E-state index contributed by atoms with van der Waals surface area (Å²) in [4.78, 5) is 43.2. The number of aliphatic carboxylic acids is 1. The lowest BCUT2D eigenvalue weighted by Crippen LogP contribution is -2.44. The summed E-state index contributed by atoms with van der Waals surface area (Å²) in [5, 5.41) is 22.3. The van der Waals surface area contributed by atoms with E-state index in [-0.39, 0.29) is 38.3 Å². The van der Waals surface area contributed by atoms with Gasteiger partial charge in [0.05, 0.1) is 25.7 Å². The maximum Gasteiger partial charge on any atom is 0.303 e. The van der Waals surface area contributed by atoms with Crippen molar-refractivity contribution >= 4 is 23.8 Å². The molecule has 0 aliphatic rings. The molecule has 108 valence electrons. The van der Waals surface area contributed by atoms with E-state index in [0.717, 1.165) is 0 Å². The van der Waals surface area contributed by atoms with E-state index in [1.165, 1.54) is 0 Å². The minimum Gasteiger partial charge on any atom is -0.481 e. The Bertz CT molecular complexity index is 331. The molecule has 19 heavy (non-hydrogen) atoms. The van der Waals surface area contributed by atoms with Crippen LogP contribution < -0.4 is 10.6 Å². The Kier molecular flexibility index (Phi) is 9.41. The van der Waals surface area contributed by atoms with Crippen molar-refractivity contribution in [2.24, 2.45) is 0 Å². The average molecular weight is 274 g/mol. The maximum absolute atomic E-state index is 11.7. The van der Waals surface area contributed by atoms with Gasteiger partial charge in [-0.05, 0) is 6.42 Å². The van der Waals surface area contributed by atoms with Gasteiger partial charge in [0.2, 0.25) is 0 Å². The molecule has 0 aliphatic carbocycles. The van der Waals surface area contributed by atoms with Crippen LogP contribution in [0.15, 0.2) is 0 Å². The molecule has 0 saturated carbocycles. The summed E-state index contributed by atoms with van der Waals surface area (Å²) in [5.41, 5.74) is 0. The quantitative estimate of drug-likeness (QED) is 0.231. The van der Waals surface area contributed by atoms with Gasteiger partial charge in [-0.3, -0.25) is 14.4 Å². The van der Waals surface area contributed by atoms with Gasteiger partial charge in [-0.25, -0.2) is 0 Å². The summed E-state index contributed by atoms with van der Waals surface area (Å²) in [7, 11) is 0. The number of carbonyl (C=O) groups is 4. The summed E-state index contributed by atoms with van der Waals surface area (Å²) < 4.78 is 0. The summed E-state index contributed by atoms with van der Waals surface area (Å²) in [6, 6.07) is -0.800. The molecule has 0 heterocycles. The average Bonchev–Trinajstić information content (AvgIpc) is 2.38. The molecule has 0 unspecified atom stereocenters. The minimum absolute atomic E-state index is 0.0208. The third kappa shape index (κ3) is 9.00. The fourth-order valence-corrected chi connectivity index (χ4v) is 1.32. The molecule has 0 fully saturated rings. The fourth-order valence-electron chi connectivity index (χ4n) is 1.32. The Morgan fingerprint density at radius 2 is 1.89 bits per heavy atom. The number of hydrogen-bond acceptors (Lipinski definition) is 7. The molecule has 0 spiro atoms. The molecule has 0 aromatic carbocycles. The number of aliphatic hydroxyl groups excluding tert-OH is 1. The van der Waals surface area contributed by atoms with E-state index in [1.807, 2.05) is 0 Å². The number of ketones is 2. The number of carboxylic acids is 1. The van der Waals surface area contributed by atoms with Crippen molar-refractivity contribution < 1.29 is 29.4 Å². The van der Waals surface area contributed by atoms with Crippen molar-refractivity contribution in [1.29, 1.82) is 0 Å². The van der Waals surface area contributed by atoms with E-state index in [9.17, 15) is 19.2 Å². The van der Waals surface area contributed by atoms with Crippen LogP contribution in [0.25, 0.3) is 0 Å². The Balaban J connectivity index is 4.29. The topological polar surface area (TPSA) is 133 Å². The second-order valence-corrected chi connectivity index (χ2v) is 3.83. The number of Topliss-reactive ketones (excluding diaryl/α,β-unsaturated/α-hetero) is 2. The van der Waals surface area contributed by atoms with Gasteiger partial charge in [-0.15, -0.1) is 0 Å². The third-order valence-corrected chi connectivity index (χ3v) is 2.28. The smallest absolute Gasteiger partial charge is 0.303 e. The number of nitrogens with one attached hydrogen (secondary N) is 2. The predicted octanol–water partition coefficient (Wildman–Crippen LogP) is -2.27. The van der Waals surface area contributed by atoms with Gasteiger partial charge in [0, 0.05) is 6.42 Å². The van der Waals surface area contributed by atoms with Gasteiger partial charge < -0.3 is 25.6 Å². The number of carbonyl (C=O) groups excluding carboxylic acids is 3. The SMILES string of the molecule is O=CCNCC(=O)[C@H](CCC(=O)O)NCC(=O)CO. The van der Waals surface area contributed by atoms with Crippen LogP contribution in [0, 0.1) is 0 Å². The lowest BCUT2D eigenvalue weighted by Gasteiger charge is -2.16. The van der Waals surface area contributed by atoms with Gasteiger partial charge in [-0.1, -0.05) is 0 Å². The highest BCUT2D eigenvalue weighted by molar-refractivity contribution is 5.88. The Hall–Kier alpha value is -1.64. The Morgan fingerprint density at radius 1 is 1.21 bits per heavy atom. The largest absolute Gasteiger partial charge is 0.481 e. The molecule has 4 N–H and O–H groups in total. The lowest BCUT2D eigenvalue weighted by molar-refractivity contribution is -0.137. The van der Waals surface area contributed by atoms with Gasteiger partial charge >= 0.3 is 5.97 Å². The maximum atomic E-state index is 11.7. The van der Waals surface area contributed by atoms with Crippen LogP contribution in [-0.4, -0.2) is 66.3 Å². The van der Waals surface area contributed by atoms with Crippen molar-refractivity contribution in [3.63, 3.8) is 0 Å². The van der Waals surface area contributed by atoms with Crippen molar-refractivity contribution in [1.82, 2.24) is 10.6 Å². The van der Waals surface area contributed by atoms with Gasteiger partial charge in [0.25, 0.3) is 0 Å². The zero-order chi connectivity index (χ0) is 14.7. The summed E-state index contributed by atoms with van der Waals surface area (Å²) in [5.74, 6) is -1.88. The van der Waals surface area contributed by atoms with Crippen LogP contribution in [0.3, 0.4) is 0 Å². The first-order valence-corrected chi connectivity index (χ1v) is 5.76. The molecule has 0 saturated heterocycles. The number of aldehydes is 1. The van der Waals surface area contributed by atoms with Crippen molar-refractivity contribution in [2.45, 2.75) is 18.9 Å². The summed E-state index contributed by atoms with van der Waals surface area (Å²) >= 11 is 0. The van der Waals surface area contributed by atoms with E-state index < -0.39 is 24.4 Å². The van der Waals surface area contributed by atoms with E-state index in [4.69, 9.17) is 10.2 Å². The highest BCUT2D eigenvalue weighted by atomic mass is 16.4. The summed E-state index contributed by atoms with van der Waals surface area (Å²) in [6.45, 7) is -0.924. The van der Waals surface area contributed by atoms with Crippen LogP contribution in [0.4, 0.5) is 0 Å². The monoisotopic (exact) mass is 274 g/mol. The van der Waals surface area contributed by atoms with Crippen LogP contribution in [0.5, 0.6) is 0 Å². The first-order valence-electron chi connectivity index (χ1n) is 5.76. The number of hydrogen-bond donors (Lipinski definition) is 4. The van der Waals surface area contributed by atoms with Crippen molar-refractivity contribution in [3.8, 4) is 0 Å². The van der Waals surface area contributed by atoms with E-state index in [2.05, 4.69) is 10.6 Å². The molecule has 0 bridgehead atoms.